The molecule has 0 aliphatic carbocycles. The van der Waals surface area contributed by atoms with E-state index >= 15 is 0 Å². The van der Waals surface area contributed by atoms with E-state index in [4.69, 9.17) is 4.74 Å². The lowest BCUT2D eigenvalue weighted by Crippen LogP contribution is -2.21. The van der Waals surface area contributed by atoms with Crippen LogP contribution in [0.1, 0.15) is 12.5 Å². The highest BCUT2D eigenvalue weighted by Crippen LogP contribution is 2.38. The molecular weight excluding hydrogens is 508 g/mol. The van der Waals surface area contributed by atoms with Crippen LogP contribution in [-0.4, -0.2) is 30.7 Å². The number of halogens is 4. The first kappa shape index (κ1) is 22.1. The van der Waals surface area contributed by atoms with E-state index in [-0.39, 0.29) is 11.8 Å². The average molecular weight is 528 g/mol. The molecule has 0 atom stereocenters. The Labute approximate surface area is 186 Å². The summed E-state index contributed by atoms with van der Waals surface area (Å²) in [4.78, 5) is 11.3. The fourth-order valence-electron chi connectivity index (χ4n) is 2.82. The van der Waals surface area contributed by atoms with Gasteiger partial charge in [0.2, 0.25) is 5.95 Å². The van der Waals surface area contributed by atoms with Crippen LogP contribution < -0.4 is 14.5 Å². The molecule has 30 heavy (non-hydrogen) atoms. The van der Waals surface area contributed by atoms with Crippen molar-refractivity contribution in [3.05, 3.63) is 63.9 Å². The van der Waals surface area contributed by atoms with Crippen LogP contribution in [0.4, 0.5) is 36.3 Å². The molecule has 0 fully saturated rings. The van der Waals surface area contributed by atoms with Gasteiger partial charge in [0.25, 0.3) is 0 Å². The molecule has 0 N–H and O–H groups in total. The quantitative estimate of drug-likeness (QED) is 0.366. The molecule has 0 aliphatic rings. The summed E-state index contributed by atoms with van der Waals surface area (Å²) < 4.78 is 47.3. The van der Waals surface area contributed by atoms with Crippen molar-refractivity contribution in [2.75, 3.05) is 30.5 Å². The van der Waals surface area contributed by atoms with E-state index < -0.39 is 11.7 Å². The highest BCUT2D eigenvalue weighted by Gasteiger charge is 2.37. The first-order valence-corrected chi connectivity index (χ1v) is 10.2. The number of ether oxygens (including phenoxy) is 1. The molecule has 1 heterocycles. The zero-order valence-corrected chi connectivity index (χ0v) is 18.8. The highest BCUT2D eigenvalue weighted by molar-refractivity contribution is 14.1. The molecule has 0 amide bonds. The summed E-state index contributed by atoms with van der Waals surface area (Å²) in [6, 6.07) is 14.3. The second kappa shape index (κ2) is 9.07. The molecule has 0 unspecified atom stereocenters. The average Bonchev–Trinajstić information content (AvgIpc) is 2.73. The summed E-state index contributed by atoms with van der Waals surface area (Å²) in [7, 11) is 3.26. The smallest absolute Gasteiger partial charge is 0.421 e. The summed E-state index contributed by atoms with van der Waals surface area (Å²) in [6.45, 7) is 2.44. The summed E-state index contributed by atoms with van der Waals surface area (Å²) in [5, 5.41) is 0. The van der Waals surface area contributed by atoms with Crippen LogP contribution in [0.5, 0.6) is 5.75 Å². The second-order valence-electron chi connectivity index (χ2n) is 6.43. The Morgan fingerprint density at radius 3 is 2.07 bits per heavy atom. The summed E-state index contributed by atoms with van der Waals surface area (Å²) in [5.74, 6) is 0.646. The largest absolute Gasteiger partial charge is 0.494 e. The lowest BCUT2D eigenvalue weighted by molar-refractivity contribution is -0.137. The number of hydrogen-bond donors (Lipinski definition) is 0. The molecule has 0 aliphatic heterocycles. The summed E-state index contributed by atoms with van der Waals surface area (Å²) in [5.41, 5.74) is 0.419. The summed E-state index contributed by atoms with van der Waals surface area (Å²) >= 11 is 2.14. The molecule has 0 spiro atoms. The van der Waals surface area contributed by atoms with Crippen molar-refractivity contribution in [3.8, 4) is 5.75 Å². The van der Waals surface area contributed by atoms with Crippen molar-refractivity contribution in [2.24, 2.45) is 0 Å². The molecule has 5 nitrogen and oxygen atoms in total. The molecule has 158 valence electrons. The van der Waals surface area contributed by atoms with Gasteiger partial charge in [-0.1, -0.05) is 0 Å². The number of alkyl halides is 3. The zero-order valence-electron chi connectivity index (χ0n) is 16.6. The van der Waals surface area contributed by atoms with Gasteiger partial charge >= 0.3 is 6.18 Å². The van der Waals surface area contributed by atoms with Crippen LogP contribution in [0.15, 0.2) is 54.7 Å². The van der Waals surface area contributed by atoms with Crippen molar-refractivity contribution in [3.63, 3.8) is 0 Å². The van der Waals surface area contributed by atoms with Crippen LogP contribution in [0.2, 0.25) is 0 Å². The Kier molecular flexibility index (Phi) is 6.69. The minimum atomic E-state index is -4.58. The normalized spacial score (nSPS) is 11.3. The number of rotatable bonds is 6. The molecular formula is C21H20F3IN4O. The molecule has 0 bridgehead atoms. The maximum atomic E-state index is 13.6. The Morgan fingerprint density at radius 1 is 0.933 bits per heavy atom. The monoisotopic (exact) mass is 528 g/mol. The number of nitrogens with zero attached hydrogens (tertiary/aromatic N) is 4. The van der Waals surface area contributed by atoms with Gasteiger partial charge in [0.1, 0.15) is 11.3 Å². The molecule has 3 rings (SSSR count). The van der Waals surface area contributed by atoms with Crippen LogP contribution in [-0.2, 0) is 6.18 Å². The fourth-order valence-corrected chi connectivity index (χ4v) is 3.18. The maximum absolute atomic E-state index is 13.6. The van der Waals surface area contributed by atoms with Gasteiger partial charge < -0.3 is 14.5 Å². The standard InChI is InChI=1S/C21H20F3IN4O/c1-4-30-17-11-9-16(10-12-17)29(3)20-26-13-18(21(22,23)24)19(27-20)28(2)15-7-5-14(25)6-8-15/h5-13H,4H2,1-3H3. The third kappa shape index (κ3) is 4.94. The summed E-state index contributed by atoms with van der Waals surface area (Å²) in [6.07, 6.45) is -3.75. The third-order valence-electron chi connectivity index (χ3n) is 4.43. The fraction of sp³-hybridized carbons (Fsp3) is 0.238. The Balaban J connectivity index is 2.00. The second-order valence-corrected chi connectivity index (χ2v) is 7.67. The van der Waals surface area contributed by atoms with Crippen LogP contribution in [0.25, 0.3) is 0 Å². The molecule has 0 radical (unpaired) electrons. The van der Waals surface area contributed by atoms with Crippen molar-refractivity contribution in [1.82, 2.24) is 9.97 Å². The van der Waals surface area contributed by atoms with E-state index in [0.717, 1.165) is 15.5 Å². The molecule has 0 saturated carbocycles. The molecule has 2 aromatic carbocycles. The first-order valence-electron chi connectivity index (χ1n) is 9.11. The minimum Gasteiger partial charge on any atom is -0.494 e. The highest BCUT2D eigenvalue weighted by atomic mass is 127. The van der Waals surface area contributed by atoms with E-state index in [1.165, 1.54) is 4.90 Å². The Hall–Kier alpha value is -2.56. The number of anilines is 4. The van der Waals surface area contributed by atoms with Crippen molar-refractivity contribution >= 4 is 45.7 Å². The maximum Gasteiger partial charge on any atom is 0.421 e. The third-order valence-corrected chi connectivity index (χ3v) is 5.15. The van der Waals surface area contributed by atoms with Gasteiger partial charge in [-0.2, -0.15) is 18.2 Å². The lowest BCUT2D eigenvalue weighted by atomic mass is 10.2. The molecule has 0 saturated heterocycles. The van der Waals surface area contributed by atoms with Crippen molar-refractivity contribution < 1.29 is 17.9 Å². The van der Waals surface area contributed by atoms with Crippen LogP contribution in [0, 0.1) is 3.57 Å². The van der Waals surface area contributed by atoms with E-state index in [9.17, 15) is 13.2 Å². The van der Waals surface area contributed by atoms with E-state index in [0.29, 0.717) is 18.0 Å². The van der Waals surface area contributed by atoms with Crippen LogP contribution >= 0.6 is 22.6 Å². The minimum absolute atomic E-state index is 0.152. The van der Waals surface area contributed by atoms with Gasteiger partial charge in [-0.25, -0.2) is 4.98 Å². The van der Waals surface area contributed by atoms with Gasteiger partial charge in [0, 0.05) is 35.2 Å². The van der Waals surface area contributed by atoms with Gasteiger partial charge in [0.05, 0.1) is 6.61 Å². The van der Waals surface area contributed by atoms with E-state index in [1.54, 1.807) is 55.4 Å². The molecule has 1 aromatic heterocycles. The van der Waals surface area contributed by atoms with Crippen LogP contribution in [0.3, 0.4) is 0 Å². The predicted octanol–water partition coefficient (Wildman–Crippen LogP) is 6.03. The number of hydrogen-bond acceptors (Lipinski definition) is 5. The number of benzene rings is 2. The topological polar surface area (TPSA) is 41.5 Å². The van der Waals surface area contributed by atoms with E-state index in [2.05, 4.69) is 32.6 Å². The van der Waals surface area contributed by atoms with E-state index in [1.807, 2.05) is 19.1 Å². The van der Waals surface area contributed by atoms with Gasteiger partial charge in [0.15, 0.2) is 5.82 Å². The lowest BCUT2D eigenvalue weighted by Gasteiger charge is -2.25. The Bertz CT molecular complexity index is 995. The molecule has 9 heteroatoms. The SMILES string of the molecule is CCOc1ccc(N(C)c2ncc(C(F)(F)F)c(N(C)c3ccc(I)cc3)n2)cc1. The van der Waals surface area contributed by atoms with Gasteiger partial charge in [-0.05, 0) is 78.0 Å². The zero-order chi connectivity index (χ0) is 21.9. The molecule has 3 aromatic rings. The van der Waals surface area contributed by atoms with Gasteiger partial charge in [-0.3, -0.25) is 0 Å². The number of aromatic nitrogens is 2. The van der Waals surface area contributed by atoms with Crippen molar-refractivity contribution in [1.29, 1.82) is 0 Å². The predicted molar refractivity (Wildman–Crippen MR) is 120 cm³/mol. The van der Waals surface area contributed by atoms with Gasteiger partial charge in [-0.15, -0.1) is 0 Å². The van der Waals surface area contributed by atoms with Crippen molar-refractivity contribution in [2.45, 2.75) is 13.1 Å². The first-order chi connectivity index (χ1) is 14.2. The Morgan fingerprint density at radius 2 is 1.50 bits per heavy atom.